The maximum Gasteiger partial charge on any atom is 0.310 e. The van der Waals surface area contributed by atoms with Gasteiger partial charge in [0.05, 0.1) is 13.0 Å². The van der Waals surface area contributed by atoms with Crippen molar-refractivity contribution in [3.8, 4) is 0 Å². The van der Waals surface area contributed by atoms with E-state index < -0.39 is 0 Å². The first kappa shape index (κ1) is 11.5. The van der Waals surface area contributed by atoms with E-state index in [2.05, 4.69) is 15.9 Å². The molecule has 2 nitrogen and oxygen atoms in total. The van der Waals surface area contributed by atoms with E-state index in [-0.39, 0.29) is 12.4 Å². The highest BCUT2D eigenvalue weighted by molar-refractivity contribution is 9.10. The SMILES string of the molecule is CCOC(=O)Cc1ccc(Cl)cc1Br. The number of hydrogen-bond acceptors (Lipinski definition) is 2. The Hall–Kier alpha value is -0.540. The molecule has 14 heavy (non-hydrogen) atoms. The number of esters is 1. The molecule has 0 saturated heterocycles. The summed E-state index contributed by atoms with van der Waals surface area (Å²) in [6.07, 6.45) is 0.269. The number of carbonyl (C=O) groups excluding carboxylic acids is 1. The molecule has 0 fully saturated rings. The fraction of sp³-hybridized carbons (Fsp3) is 0.300. The molecular formula is C10H10BrClO2. The molecule has 0 aliphatic carbocycles. The molecule has 76 valence electrons. The molecule has 0 saturated carbocycles. The third kappa shape index (κ3) is 3.31. The molecule has 0 unspecified atom stereocenters. The van der Waals surface area contributed by atoms with Gasteiger partial charge in [-0.3, -0.25) is 4.79 Å². The molecule has 0 aromatic heterocycles. The van der Waals surface area contributed by atoms with Gasteiger partial charge in [0.1, 0.15) is 0 Å². The normalized spacial score (nSPS) is 9.93. The van der Waals surface area contributed by atoms with Gasteiger partial charge in [-0.05, 0) is 24.6 Å². The molecule has 1 rings (SSSR count). The average Bonchev–Trinajstić information content (AvgIpc) is 2.10. The van der Waals surface area contributed by atoms with E-state index >= 15 is 0 Å². The van der Waals surface area contributed by atoms with Crippen LogP contribution in [-0.2, 0) is 16.0 Å². The molecule has 1 aromatic carbocycles. The summed E-state index contributed by atoms with van der Waals surface area (Å²) < 4.78 is 5.67. The Balaban J connectivity index is 2.72. The van der Waals surface area contributed by atoms with Crippen LogP contribution in [-0.4, -0.2) is 12.6 Å². The van der Waals surface area contributed by atoms with Gasteiger partial charge in [-0.15, -0.1) is 0 Å². The van der Waals surface area contributed by atoms with Crippen molar-refractivity contribution in [3.63, 3.8) is 0 Å². The summed E-state index contributed by atoms with van der Waals surface area (Å²) in [5.41, 5.74) is 0.882. The molecular weight excluding hydrogens is 267 g/mol. The van der Waals surface area contributed by atoms with Gasteiger partial charge < -0.3 is 4.74 Å². The fourth-order valence-corrected chi connectivity index (χ4v) is 1.86. The minimum absolute atomic E-state index is 0.226. The van der Waals surface area contributed by atoms with E-state index in [1.54, 1.807) is 19.1 Å². The molecule has 0 aliphatic heterocycles. The van der Waals surface area contributed by atoms with Crippen LogP contribution in [0.1, 0.15) is 12.5 Å². The summed E-state index contributed by atoms with van der Waals surface area (Å²) in [6, 6.07) is 5.32. The zero-order chi connectivity index (χ0) is 10.6. The first-order chi connectivity index (χ1) is 6.63. The summed E-state index contributed by atoms with van der Waals surface area (Å²) >= 11 is 9.10. The van der Waals surface area contributed by atoms with Crippen LogP contribution in [0.2, 0.25) is 5.02 Å². The van der Waals surface area contributed by atoms with Crippen molar-refractivity contribution in [3.05, 3.63) is 33.3 Å². The number of benzene rings is 1. The fourth-order valence-electron chi connectivity index (χ4n) is 1.03. The molecule has 0 aliphatic rings. The van der Waals surface area contributed by atoms with Gasteiger partial charge in [0.2, 0.25) is 0 Å². The summed E-state index contributed by atoms with van der Waals surface area (Å²) in [6.45, 7) is 2.19. The predicted molar refractivity (Wildman–Crippen MR) is 59.5 cm³/mol. The van der Waals surface area contributed by atoms with Crippen LogP contribution in [0, 0.1) is 0 Å². The van der Waals surface area contributed by atoms with Crippen LogP contribution in [0.4, 0.5) is 0 Å². The second-order valence-electron chi connectivity index (χ2n) is 2.72. The minimum Gasteiger partial charge on any atom is -0.466 e. The number of hydrogen-bond donors (Lipinski definition) is 0. The van der Waals surface area contributed by atoms with Crippen LogP contribution < -0.4 is 0 Å². The zero-order valence-corrected chi connectivity index (χ0v) is 10.1. The molecule has 1 aromatic rings. The van der Waals surface area contributed by atoms with Gasteiger partial charge in [-0.2, -0.15) is 0 Å². The summed E-state index contributed by atoms with van der Waals surface area (Å²) in [4.78, 5) is 11.2. The largest absolute Gasteiger partial charge is 0.466 e. The van der Waals surface area contributed by atoms with E-state index in [1.165, 1.54) is 0 Å². The summed E-state index contributed by atoms with van der Waals surface area (Å²) in [5, 5.41) is 0.643. The Kier molecular flexibility index (Phi) is 4.42. The topological polar surface area (TPSA) is 26.3 Å². The highest BCUT2D eigenvalue weighted by Crippen LogP contribution is 2.22. The third-order valence-electron chi connectivity index (χ3n) is 1.66. The predicted octanol–water partition coefficient (Wildman–Crippen LogP) is 3.21. The molecule has 0 radical (unpaired) electrons. The van der Waals surface area contributed by atoms with Crippen molar-refractivity contribution in [1.29, 1.82) is 0 Å². The Bertz CT molecular complexity index is 339. The van der Waals surface area contributed by atoms with Gasteiger partial charge in [0.15, 0.2) is 0 Å². The molecule has 0 atom stereocenters. The van der Waals surface area contributed by atoms with Crippen LogP contribution in [0.3, 0.4) is 0 Å². The van der Waals surface area contributed by atoms with Crippen molar-refractivity contribution >= 4 is 33.5 Å². The number of ether oxygens (including phenoxy) is 1. The van der Waals surface area contributed by atoms with Crippen molar-refractivity contribution < 1.29 is 9.53 Å². The molecule has 0 amide bonds. The van der Waals surface area contributed by atoms with E-state index in [4.69, 9.17) is 16.3 Å². The van der Waals surface area contributed by atoms with Gasteiger partial charge in [0.25, 0.3) is 0 Å². The number of rotatable bonds is 3. The molecule has 0 spiro atoms. The second kappa shape index (κ2) is 5.37. The van der Waals surface area contributed by atoms with E-state index in [9.17, 15) is 4.79 Å². The maximum absolute atomic E-state index is 11.2. The number of carbonyl (C=O) groups is 1. The molecule has 0 heterocycles. The Labute approximate surface area is 96.3 Å². The maximum atomic E-state index is 11.2. The van der Waals surface area contributed by atoms with Gasteiger partial charge in [0, 0.05) is 9.50 Å². The highest BCUT2D eigenvalue weighted by Gasteiger charge is 2.07. The van der Waals surface area contributed by atoms with Crippen molar-refractivity contribution in [2.75, 3.05) is 6.61 Å². The average molecular weight is 278 g/mol. The zero-order valence-electron chi connectivity index (χ0n) is 7.72. The molecule has 0 bridgehead atoms. The lowest BCUT2D eigenvalue weighted by Crippen LogP contribution is -2.07. The third-order valence-corrected chi connectivity index (χ3v) is 2.63. The minimum atomic E-state index is -0.226. The van der Waals surface area contributed by atoms with E-state index in [0.717, 1.165) is 10.0 Å². The van der Waals surface area contributed by atoms with Crippen molar-refractivity contribution in [2.45, 2.75) is 13.3 Å². The van der Waals surface area contributed by atoms with Crippen LogP contribution in [0.15, 0.2) is 22.7 Å². The first-order valence-electron chi connectivity index (χ1n) is 4.23. The lowest BCUT2D eigenvalue weighted by Gasteiger charge is -2.04. The van der Waals surface area contributed by atoms with E-state index in [1.807, 2.05) is 6.07 Å². The Morgan fingerprint density at radius 1 is 1.57 bits per heavy atom. The first-order valence-corrected chi connectivity index (χ1v) is 5.40. The standard InChI is InChI=1S/C10H10BrClO2/c1-2-14-10(13)5-7-3-4-8(12)6-9(7)11/h3-4,6H,2,5H2,1H3. The Morgan fingerprint density at radius 2 is 2.29 bits per heavy atom. The highest BCUT2D eigenvalue weighted by atomic mass is 79.9. The lowest BCUT2D eigenvalue weighted by molar-refractivity contribution is -0.142. The van der Waals surface area contributed by atoms with Gasteiger partial charge in [-0.25, -0.2) is 0 Å². The van der Waals surface area contributed by atoms with Crippen molar-refractivity contribution in [1.82, 2.24) is 0 Å². The lowest BCUT2D eigenvalue weighted by atomic mass is 10.1. The summed E-state index contributed by atoms with van der Waals surface area (Å²) in [7, 11) is 0. The Morgan fingerprint density at radius 3 is 2.86 bits per heavy atom. The molecule has 4 heteroatoms. The smallest absolute Gasteiger partial charge is 0.310 e. The van der Waals surface area contributed by atoms with Crippen LogP contribution >= 0.6 is 27.5 Å². The summed E-state index contributed by atoms with van der Waals surface area (Å²) in [5.74, 6) is -0.226. The van der Waals surface area contributed by atoms with E-state index in [0.29, 0.717) is 11.6 Å². The molecule has 0 N–H and O–H groups in total. The van der Waals surface area contributed by atoms with Gasteiger partial charge >= 0.3 is 5.97 Å². The van der Waals surface area contributed by atoms with Crippen LogP contribution in [0.25, 0.3) is 0 Å². The number of halogens is 2. The van der Waals surface area contributed by atoms with Crippen LogP contribution in [0.5, 0.6) is 0 Å². The quantitative estimate of drug-likeness (QED) is 0.793. The second-order valence-corrected chi connectivity index (χ2v) is 4.01. The van der Waals surface area contributed by atoms with Gasteiger partial charge in [-0.1, -0.05) is 33.6 Å². The van der Waals surface area contributed by atoms with Crippen molar-refractivity contribution in [2.24, 2.45) is 0 Å². The monoisotopic (exact) mass is 276 g/mol.